The lowest BCUT2D eigenvalue weighted by Gasteiger charge is -2.45. The van der Waals surface area contributed by atoms with Crippen LogP contribution in [0.15, 0.2) is 78.9 Å². The fourth-order valence-electron chi connectivity index (χ4n) is 3.81. The van der Waals surface area contributed by atoms with Gasteiger partial charge in [-0.3, -0.25) is 4.79 Å². The molecule has 3 atom stereocenters. The van der Waals surface area contributed by atoms with Crippen LogP contribution in [-0.2, 0) is 0 Å². The van der Waals surface area contributed by atoms with Crippen molar-refractivity contribution in [2.75, 3.05) is 0 Å². The van der Waals surface area contributed by atoms with Crippen LogP contribution in [0.2, 0.25) is 0 Å². The average molecular weight is 474 g/mol. The maximum absolute atomic E-state index is 14.0. The Morgan fingerprint density at radius 1 is 0.941 bits per heavy atom. The third-order valence-corrected chi connectivity index (χ3v) is 5.41. The van der Waals surface area contributed by atoms with Crippen molar-refractivity contribution >= 4 is 11.8 Å². The summed E-state index contributed by atoms with van der Waals surface area (Å²) in [6, 6.07) is 15.3. The first-order chi connectivity index (χ1) is 16.1. The van der Waals surface area contributed by atoms with Gasteiger partial charge in [-0.05, 0) is 54.1 Å². The number of para-hydroxylation sites is 1. The van der Waals surface area contributed by atoms with Gasteiger partial charge in [0, 0.05) is 5.56 Å². The Kier molecular flexibility index (Phi) is 6.01. The van der Waals surface area contributed by atoms with Crippen LogP contribution in [-0.4, -0.2) is 28.8 Å². The average Bonchev–Trinajstić information content (AvgIpc) is 2.79. The Bertz CT molecular complexity index is 1200. The molecular formula is C24H18F4N2O4. The fourth-order valence-corrected chi connectivity index (χ4v) is 3.81. The zero-order chi connectivity index (χ0) is 24.5. The van der Waals surface area contributed by atoms with Gasteiger partial charge < -0.3 is 20.5 Å². The molecule has 3 N–H and O–H groups in total. The van der Waals surface area contributed by atoms with E-state index in [2.05, 4.69) is 5.32 Å². The highest BCUT2D eigenvalue weighted by Crippen LogP contribution is 2.44. The Labute approximate surface area is 191 Å². The number of ether oxygens (including phenoxy) is 1. The van der Waals surface area contributed by atoms with Gasteiger partial charge in [0.1, 0.15) is 23.2 Å². The molecule has 0 bridgehead atoms. The third-order valence-electron chi connectivity index (χ3n) is 5.41. The molecule has 176 valence electrons. The quantitative estimate of drug-likeness (QED) is 0.369. The molecule has 2 amide bonds. The van der Waals surface area contributed by atoms with E-state index in [4.69, 9.17) is 4.74 Å². The zero-order valence-corrected chi connectivity index (χ0v) is 17.3. The second-order valence-electron chi connectivity index (χ2n) is 7.68. The zero-order valence-electron chi connectivity index (χ0n) is 17.3. The van der Waals surface area contributed by atoms with E-state index in [9.17, 15) is 32.3 Å². The summed E-state index contributed by atoms with van der Waals surface area (Å²) in [5, 5.41) is 14.4. The molecular weight excluding hydrogens is 456 g/mol. The van der Waals surface area contributed by atoms with Gasteiger partial charge >= 0.3 is 12.2 Å². The van der Waals surface area contributed by atoms with Crippen molar-refractivity contribution in [3.05, 3.63) is 95.8 Å². The SMILES string of the molecule is O=C1NC(c2cccc(Oc3ccccc3)c2)C(C(=O)c2ccc(F)cc2)C(O)(C(F)(F)F)N1. The predicted octanol–water partition coefficient (Wildman–Crippen LogP) is 4.72. The summed E-state index contributed by atoms with van der Waals surface area (Å²) in [5.74, 6) is -3.38. The number of alkyl halides is 3. The number of nitrogens with one attached hydrogen (secondary N) is 2. The van der Waals surface area contributed by atoms with Crippen LogP contribution in [0.4, 0.5) is 22.4 Å². The number of carbonyl (C=O) groups excluding carboxylic acids is 2. The minimum absolute atomic E-state index is 0.0893. The molecule has 1 heterocycles. The lowest BCUT2D eigenvalue weighted by molar-refractivity contribution is -0.287. The molecule has 0 radical (unpaired) electrons. The highest BCUT2D eigenvalue weighted by molar-refractivity contribution is 6.00. The smallest absolute Gasteiger partial charge is 0.437 e. The molecule has 3 aromatic rings. The van der Waals surface area contributed by atoms with Crippen molar-refractivity contribution in [3.8, 4) is 11.5 Å². The van der Waals surface area contributed by atoms with Crippen LogP contribution >= 0.6 is 0 Å². The van der Waals surface area contributed by atoms with Gasteiger partial charge in [0.2, 0.25) is 5.72 Å². The highest BCUT2D eigenvalue weighted by atomic mass is 19.4. The van der Waals surface area contributed by atoms with Gasteiger partial charge in [-0.1, -0.05) is 30.3 Å². The number of benzene rings is 3. The minimum atomic E-state index is -5.40. The Morgan fingerprint density at radius 3 is 2.24 bits per heavy atom. The lowest BCUT2D eigenvalue weighted by atomic mass is 9.77. The largest absolute Gasteiger partial charge is 0.457 e. The lowest BCUT2D eigenvalue weighted by Crippen LogP contribution is -2.72. The first-order valence-corrected chi connectivity index (χ1v) is 10.1. The van der Waals surface area contributed by atoms with Crippen molar-refractivity contribution in [3.63, 3.8) is 0 Å². The number of hydrogen-bond donors (Lipinski definition) is 3. The number of ketones is 1. The number of urea groups is 1. The topological polar surface area (TPSA) is 87.7 Å². The van der Waals surface area contributed by atoms with Crippen molar-refractivity contribution < 1.29 is 37.0 Å². The molecule has 10 heteroatoms. The van der Waals surface area contributed by atoms with Crippen molar-refractivity contribution in [2.45, 2.75) is 17.9 Å². The second-order valence-corrected chi connectivity index (χ2v) is 7.68. The number of Topliss-reactive ketones (excluding diaryl/α,β-unsaturated/α-hetero) is 1. The monoisotopic (exact) mass is 474 g/mol. The van der Waals surface area contributed by atoms with E-state index in [-0.39, 0.29) is 16.9 Å². The number of amides is 2. The van der Waals surface area contributed by atoms with Crippen molar-refractivity contribution in [1.82, 2.24) is 10.6 Å². The Balaban J connectivity index is 1.78. The molecule has 0 aliphatic carbocycles. The second kappa shape index (κ2) is 8.79. The summed E-state index contributed by atoms with van der Waals surface area (Å²) >= 11 is 0. The number of hydrogen-bond acceptors (Lipinski definition) is 4. The van der Waals surface area contributed by atoms with E-state index in [1.54, 1.807) is 36.4 Å². The predicted molar refractivity (Wildman–Crippen MR) is 113 cm³/mol. The van der Waals surface area contributed by atoms with Crippen molar-refractivity contribution in [1.29, 1.82) is 0 Å². The maximum atomic E-state index is 14.0. The van der Waals surface area contributed by atoms with Crippen LogP contribution in [0.25, 0.3) is 0 Å². The normalized spacial score (nSPS) is 22.4. The number of halogens is 4. The molecule has 1 fully saturated rings. The van der Waals surface area contributed by atoms with Crippen molar-refractivity contribution in [2.24, 2.45) is 5.92 Å². The van der Waals surface area contributed by atoms with Gasteiger partial charge in [-0.25, -0.2) is 9.18 Å². The summed E-state index contributed by atoms with van der Waals surface area (Å²) < 4.78 is 61.1. The molecule has 6 nitrogen and oxygen atoms in total. The van der Waals surface area contributed by atoms with E-state index in [1.165, 1.54) is 23.5 Å². The number of rotatable bonds is 5. The van der Waals surface area contributed by atoms with Gasteiger partial charge in [0.05, 0.1) is 6.04 Å². The van der Waals surface area contributed by atoms with E-state index >= 15 is 0 Å². The van der Waals surface area contributed by atoms with Crippen LogP contribution in [0.5, 0.6) is 11.5 Å². The van der Waals surface area contributed by atoms with Gasteiger partial charge in [-0.15, -0.1) is 0 Å². The standard InChI is InChI=1S/C24H18F4N2O4/c25-16-11-9-14(10-12-16)21(31)19-20(29-22(32)30-23(19,33)24(26,27)28)15-5-4-8-18(13-15)34-17-6-2-1-3-7-17/h1-13,19-20,33H,(H2,29,30,32). The Morgan fingerprint density at radius 2 is 1.59 bits per heavy atom. The van der Waals surface area contributed by atoms with E-state index in [0.717, 1.165) is 24.3 Å². The van der Waals surface area contributed by atoms with Crippen LogP contribution in [0.3, 0.4) is 0 Å². The molecule has 0 saturated carbocycles. The number of aliphatic hydroxyl groups is 1. The highest BCUT2D eigenvalue weighted by Gasteiger charge is 2.66. The molecule has 3 unspecified atom stereocenters. The summed E-state index contributed by atoms with van der Waals surface area (Å²) in [6.45, 7) is 0. The van der Waals surface area contributed by atoms with Gasteiger partial charge in [0.25, 0.3) is 0 Å². The first kappa shape index (κ1) is 23.2. The van der Waals surface area contributed by atoms with Crippen LogP contribution in [0, 0.1) is 11.7 Å². The molecule has 4 rings (SSSR count). The first-order valence-electron chi connectivity index (χ1n) is 10.1. The third kappa shape index (κ3) is 4.44. The maximum Gasteiger partial charge on any atom is 0.437 e. The minimum Gasteiger partial charge on any atom is -0.457 e. The van der Waals surface area contributed by atoms with E-state index < -0.39 is 41.5 Å². The Hall–Kier alpha value is -3.92. The summed E-state index contributed by atoms with van der Waals surface area (Å²) in [5.41, 5.74) is -4.07. The molecule has 0 spiro atoms. The molecule has 1 saturated heterocycles. The number of carbonyl (C=O) groups is 2. The molecule has 1 aliphatic rings. The summed E-state index contributed by atoms with van der Waals surface area (Å²) in [7, 11) is 0. The molecule has 1 aliphatic heterocycles. The molecule has 34 heavy (non-hydrogen) atoms. The van der Waals surface area contributed by atoms with Crippen LogP contribution in [0.1, 0.15) is 22.0 Å². The molecule has 0 aromatic heterocycles. The van der Waals surface area contributed by atoms with Crippen LogP contribution < -0.4 is 15.4 Å². The van der Waals surface area contributed by atoms with Gasteiger partial charge in [-0.2, -0.15) is 13.2 Å². The van der Waals surface area contributed by atoms with Gasteiger partial charge in [0.15, 0.2) is 5.78 Å². The van der Waals surface area contributed by atoms with E-state index in [0.29, 0.717) is 5.75 Å². The fraction of sp³-hybridized carbons (Fsp3) is 0.167. The molecule has 3 aromatic carbocycles. The van der Waals surface area contributed by atoms with E-state index in [1.807, 2.05) is 0 Å². The summed E-state index contributed by atoms with van der Waals surface area (Å²) in [4.78, 5) is 25.4. The summed E-state index contributed by atoms with van der Waals surface area (Å²) in [6.07, 6.45) is -5.40.